The Hall–Kier alpha value is -1.88. The zero-order valence-electron chi connectivity index (χ0n) is 13.2. The molecule has 23 heavy (non-hydrogen) atoms. The fraction of sp³-hybridized carbons (Fsp3) is 0.556. The second kappa shape index (κ2) is 7.13. The maximum atomic E-state index is 12.7. The van der Waals surface area contributed by atoms with E-state index in [4.69, 9.17) is 9.84 Å². The molecule has 1 N–H and O–H groups in total. The molecular formula is C18H23NO4. The molecule has 1 amide bonds. The van der Waals surface area contributed by atoms with Gasteiger partial charge in [-0.05, 0) is 49.3 Å². The number of carbonyl (C=O) groups is 2. The van der Waals surface area contributed by atoms with E-state index >= 15 is 0 Å². The summed E-state index contributed by atoms with van der Waals surface area (Å²) in [6.07, 6.45) is 4.47. The van der Waals surface area contributed by atoms with Crippen molar-refractivity contribution in [2.75, 3.05) is 19.8 Å². The van der Waals surface area contributed by atoms with Crippen molar-refractivity contribution in [2.45, 2.75) is 38.1 Å². The highest BCUT2D eigenvalue weighted by Gasteiger charge is 2.35. The summed E-state index contributed by atoms with van der Waals surface area (Å²) in [6, 6.07) is 7.00. The van der Waals surface area contributed by atoms with E-state index in [9.17, 15) is 9.59 Å². The second-order valence-corrected chi connectivity index (χ2v) is 6.43. The lowest BCUT2D eigenvalue weighted by Gasteiger charge is -2.34. The maximum absolute atomic E-state index is 12.7. The molecule has 5 nitrogen and oxygen atoms in total. The molecular weight excluding hydrogens is 294 g/mol. The SMILES string of the molecule is O=C(O)c1cccc(CC(=O)N2CCCC2C2CCOCC2)c1. The van der Waals surface area contributed by atoms with E-state index in [1.54, 1.807) is 18.2 Å². The van der Waals surface area contributed by atoms with Crippen molar-refractivity contribution >= 4 is 11.9 Å². The van der Waals surface area contributed by atoms with Crippen LogP contribution < -0.4 is 0 Å². The van der Waals surface area contributed by atoms with Crippen molar-refractivity contribution in [1.29, 1.82) is 0 Å². The lowest BCUT2D eigenvalue weighted by molar-refractivity contribution is -0.132. The summed E-state index contributed by atoms with van der Waals surface area (Å²) in [6.45, 7) is 2.41. The number of benzene rings is 1. The van der Waals surface area contributed by atoms with Gasteiger partial charge in [-0.25, -0.2) is 4.79 Å². The van der Waals surface area contributed by atoms with Gasteiger partial charge in [-0.3, -0.25) is 4.79 Å². The Morgan fingerprint density at radius 3 is 2.74 bits per heavy atom. The molecule has 2 heterocycles. The topological polar surface area (TPSA) is 66.8 Å². The molecule has 0 aliphatic carbocycles. The Balaban J connectivity index is 1.67. The fourth-order valence-corrected chi connectivity index (χ4v) is 3.78. The molecule has 2 aliphatic rings. The number of ether oxygens (including phenoxy) is 1. The number of carboxylic acids is 1. The largest absolute Gasteiger partial charge is 0.478 e. The third kappa shape index (κ3) is 3.72. The van der Waals surface area contributed by atoms with Crippen molar-refractivity contribution in [3.63, 3.8) is 0 Å². The quantitative estimate of drug-likeness (QED) is 0.925. The average molecular weight is 317 g/mol. The number of likely N-dealkylation sites (tertiary alicyclic amines) is 1. The number of rotatable bonds is 4. The van der Waals surface area contributed by atoms with Gasteiger partial charge in [0.25, 0.3) is 0 Å². The third-order valence-corrected chi connectivity index (χ3v) is 4.96. The van der Waals surface area contributed by atoms with Crippen LogP contribution in [0.4, 0.5) is 0 Å². The molecule has 0 radical (unpaired) electrons. The van der Waals surface area contributed by atoms with Crippen LogP contribution in [0.15, 0.2) is 24.3 Å². The molecule has 0 spiro atoms. The number of hydrogen-bond acceptors (Lipinski definition) is 3. The molecule has 1 atom stereocenters. The molecule has 1 unspecified atom stereocenters. The number of amides is 1. The Morgan fingerprint density at radius 1 is 1.22 bits per heavy atom. The number of carboxylic acid groups (broad SMARTS) is 1. The Bertz CT molecular complexity index is 580. The summed E-state index contributed by atoms with van der Waals surface area (Å²) < 4.78 is 5.43. The summed E-state index contributed by atoms with van der Waals surface area (Å²) in [5.41, 5.74) is 1.00. The van der Waals surface area contributed by atoms with Crippen LogP contribution in [0.3, 0.4) is 0 Å². The van der Waals surface area contributed by atoms with Gasteiger partial charge in [-0.15, -0.1) is 0 Å². The van der Waals surface area contributed by atoms with Gasteiger partial charge in [0, 0.05) is 25.8 Å². The van der Waals surface area contributed by atoms with E-state index in [-0.39, 0.29) is 17.9 Å². The van der Waals surface area contributed by atoms with Gasteiger partial charge in [0.15, 0.2) is 0 Å². The first kappa shape index (κ1) is 16.0. The highest BCUT2D eigenvalue weighted by Crippen LogP contribution is 2.31. The first-order valence-electron chi connectivity index (χ1n) is 8.34. The van der Waals surface area contributed by atoms with Crippen LogP contribution in [0.2, 0.25) is 0 Å². The molecule has 1 aromatic carbocycles. The molecule has 0 aromatic heterocycles. The summed E-state index contributed by atoms with van der Waals surface area (Å²) in [5.74, 6) is -0.303. The summed E-state index contributed by atoms with van der Waals surface area (Å²) >= 11 is 0. The third-order valence-electron chi connectivity index (χ3n) is 4.96. The van der Waals surface area contributed by atoms with Crippen molar-refractivity contribution in [1.82, 2.24) is 4.90 Å². The van der Waals surface area contributed by atoms with Crippen LogP contribution >= 0.6 is 0 Å². The van der Waals surface area contributed by atoms with Crippen molar-refractivity contribution < 1.29 is 19.4 Å². The van der Waals surface area contributed by atoms with Gasteiger partial charge in [-0.1, -0.05) is 12.1 Å². The molecule has 5 heteroatoms. The lowest BCUT2D eigenvalue weighted by atomic mass is 9.90. The van der Waals surface area contributed by atoms with E-state index in [0.29, 0.717) is 12.0 Å². The Labute approximate surface area is 136 Å². The van der Waals surface area contributed by atoms with E-state index in [0.717, 1.165) is 51.0 Å². The first-order chi connectivity index (χ1) is 11.1. The highest BCUT2D eigenvalue weighted by molar-refractivity contribution is 5.88. The van der Waals surface area contributed by atoms with Crippen LogP contribution in [0, 0.1) is 5.92 Å². The highest BCUT2D eigenvalue weighted by atomic mass is 16.5. The Morgan fingerprint density at radius 2 is 2.00 bits per heavy atom. The number of carbonyl (C=O) groups excluding carboxylic acids is 1. The molecule has 2 aliphatic heterocycles. The molecule has 124 valence electrons. The van der Waals surface area contributed by atoms with Crippen LogP contribution in [-0.4, -0.2) is 47.7 Å². The number of nitrogens with zero attached hydrogens (tertiary/aromatic N) is 1. The van der Waals surface area contributed by atoms with E-state index in [1.807, 2.05) is 11.0 Å². The number of aromatic carboxylic acids is 1. The second-order valence-electron chi connectivity index (χ2n) is 6.43. The predicted molar refractivity (Wildman–Crippen MR) is 85.4 cm³/mol. The standard InChI is InChI=1S/C18H23NO4/c20-17(12-13-3-1-4-15(11-13)18(21)22)19-8-2-5-16(19)14-6-9-23-10-7-14/h1,3-4,11,14,16H,2,5-10,12H2,(H,21,22). The van der Waals surface area contributed by atoms with Gasteiger partial charge in [-0.2, -0.15) is 0 Å². The minimum Gasteiger partial charge on any atom is -0.478 e. The van der Waals surface area contributed by atoms with Crippen LogP contribution in [-0.2, 0) is 16.0 Å². The molecule has 2 saturated heterocycles. The van der Waals surface area contributed by atoms with Crippen LogP contribution in [0.5, 0.6) is 0 Å². The molecule has 0 bridgehead atoms. The van der Waals surface area contributed by atoms with Gasteiger partial charge in [0.2, 0.25) is 5.91 Å². The van der Waals surface area contributed by atoms with Crippen molar-refractivity contribution in [2.24, 2.45) is 5.92 Å². The minimum absolute atomic E-state index is 0.113. The lowest BCUT2D eigenvalue weighted by Crippen LogP contribution is -2.42. The molecule has 1 aromatic rings. The molecule has 0 saturated carbocycles. The first-order valence-corrected chi connectivity index (χ1v) is 8.34. The van der Waals surface area contributed by atoms with Crippen LogP contribution in [0.25, 0.3) is 0 Å². The van der Waals surface area contributed by atoms with Crippen molar-refractivity contribution in [3.8, 4) is 0 Å². The van der Waals surface area contributed by atoms with Gasteiger partial charge in [0.1, 0.15) is 0 Å². The smallest absolute Gasteiger partial charge is 0.335 e. The average Bonchev–Trinajstić information content (AvgIpc) is 3.05. The Kier molecular flexibility index (Phi) is 4.96. The number of hydrogen-bond donors (Lipinski definition) is 1. The summed E-state index contributed by atoms with van der Waals surface area (Å²) in [7, 11) is 0. The zero-order valence-corrected chi connectivity index (χ0v) is 13.2. The summed E-state index contributed by atoms with van der Waals surface area (Å²) in [5, 5.41) is 9.06. The van der Waals surface area contributed by atoms with Crippen LogP contribution in [0.1, 0.15) is 41.6 Å². The zero-order chi connectivity index (χ0) is 16.2. The van der Waals surface area contributed by atoms with Gasteiger partial charge in [0.05, 0.1) is 12.0 Å². The van der Waals surface area contributed by atoms with Crippen molar-refractivity contribution in [3.05, 3.63) is 35.4 Å². The predicted octanol–water partition coefficient (Wildman–Crippen LogP) is 2.34. The monoisotopic (exact) mass is 317 g/mol. The van der Waals surface area contributed by atoms with Gasteiger partial charge < -0.3 is 14.7 Å². The maximum Gasteiger partial charge on any atom is 0.335 e. The molecule has 2 fully saturated rings. The summed E-state index contributed by atoms with van der Waals surface area (Å²) in [4.78, 5) is 25.8. The van der Waals surface area contributed by atoms with Gasteiger partial charge >= 0.3 is 5.97 Å². The molecule has 3 rings (SSSR count). The van der Waals surface area contributed by atoms with E-state index in [1.165, 1.54) is 0 Å². The normalized spacial score (nSPS) is 22.3. The van der Waals surface area contributed by atoms with E-state index in [2.05, 4.69) is 0 Å². The van der Waals surface area contributed by atoms with E-state index < -0.39 is 5.97 Å². The fourth-order valence-electron chi connectivity index (χ4n) is 3.78. The minimum atomic E-state index is -0.958.